The molecule has 0 aliphatic carbocycles. The van der Waals surface area contributed by atoms with E-state index in [1.807, 2.05) is 24.3 Å². The summed E-state index contributed by atoms with van der Waals surface area (Å²) in [5.74, 6) is 0. The van der Waals surface area contributed by atoms with E-state index in [0.717, 1.165) is 34.6 Å². The Morgan fingerprint density at radius 3 is 1.50 bits per heavy atom. The zero-order chi connectivity index (χ0) is 18.4. The molecular weight excluding hydrogens is 322 g/mol. The van der Waals surface area contributed by atoms with Crippen LogP contribution < -0.4 is 4.90 Å². The van der Waals surface area contributed by atoms with E-state index >= 15 is 0 Å². The number of hydrogen-bond donors (Lipinski definition) is 1. The van der Waals surface area contributed by atoms with Crippen LogP contribution in [-0.2, 0) is 24.4 Å². The van der Waals surface area contributed by atoms with Gasteiger partial charge in [-0.2, -0.15) is 0 Å². The number of ether oxygens (including phenoxy) is 1. The summed E-state index contributed by atoms with van der Waals surface area (Å²) < 4.78 is 5.21. The lowest BCUT2D eigenvalue weighted by Gasteiger charge is -2.26. The van der Waals surface area contributed by atoms with E-state index in [0.29, 0.717) is 6.61 Å². The fraction of sp³-hybridized carbons (Fsp3) is 0.217. The van der Waals surface area contributed by atoms with Gasteiger partial charge in [0.05, 0.1) is 13.2 Å². The Balaban J connectivity index is 2.01. The molecule has 0 radical (unpaired) electrons. The molecule has 3 aromatic carbocycles. The van der Waals surface area contributed by atoms with Crippen LogP contribution in [0.2, 0.25) is 0 Å². The summed E-state index contributed by atoms with van der Waals surface area (Å²) in [6.45, 7) is 2.82. The van der Waals surface area contributed by atoms with Crippen molar-refractivity contribution in [2.45, 2.75) is 26.6 Å². The summed E-state index contributed by atoms with van der Waals surface area (Å²) in [5.41, 5.74) is 6.63. The molecule has 0 unspecified atom stereocenters. The first-order chi connectivity index (χ1) is 12.7. The molecule has 0 aliphatic rings. The average molecular weight is 347 g/mol. The van der Waals surface area contributed by atoms with Crippen LogP contribution in [-0.4, -0.2) is 12.2 Å². The van der Waals surface area contributed by atoms with Crippen LogP contribution in [0.4, 0.5) is 17.1 Å². The molecule has 134 valence electrons. The minimum absolute atomic E-state index is 0.0528. The summed E-state index contributed by atoms with van der Waals surface area (Å²) >= 11 is 0. The van der Waals surface area contributed by atoms with Crippen LogP contribution in [0.15, 0.2) is 72.8 Å². The Morgan fingerprint density at radius 2 is 1.12 bits per heavy atom. The highest BCUT2D eigenvalue weighted by Gasteiger charge is 2.12. The van der Waals surface area contributed by atoms with E-state index in [1.54, 1.807) is 7.11 Å². The summed E-state index contributed by atoms with van der Waals surface area (Å²) in [7, 11) is 1.71. The molecule has 3 nitrogen and oxygen atoms in total. The fourth-order valence-electron chi connectivity index (χ4n) is 2.99. The highest BCUT2D eigenvalue weighted by atomic mass is 16.5. The second-order valence-corrected chi connectivity index (χ2v) is 6.28. The molecule has 0 aromatic heterocycles. The zero-order valence-electron chi connectivity index (χ0n) is 15.4. The van der Waals surface area contributed by atoms with Crippen LogP contribution in [0.5, 0.6) is 0 Å². The molecule has 1 N–H and O–H groups in total. The van der Waals surface area contributed by atoms with E-state index in [1.165, 1.54) is 5.56 Å². The topological polar surface area (TPSA) is 32.7 Å². The van der Waals surface area contributed by atoms with E-state index in [2.05, 4.69) is 60.4 Å². The number of aryl methyl sites for hydroxylation is 1. The smallest absolute Gasteiger partial charge is 0.0713 e. The lowest BCUT2D eigenvalue weighted by molar-refractivity contribution is 0.185. The van der Waals surface area contributed by atoms with Gasteiger partial charge in [0.25, 0.3) is 0 Å². The first-order valence-electron chi connectivity index (χ1n) is 8.92. The lowest BCUT2D eigenvalue weighted by atomic mass is 10.1. The summed E-state index contributed by atoms with van der Waals surface area (Å²) in [6, 6.07) is 25.1. The molecule has 0 heterocycles. The van der Waals surface area contributed by atoms with Gasteiger partial charge in [-0.1, -0.05) is 43.3 Å². The first kappa shape index (κ1) is 18.2. The van der Waals surface area contributed by atoms with Crippen molar-refractivity contribution in [1.82, 2.24) is 0 Å². The van der Waals surface area contributed by atoms with Crippen LogP contribution >= 0.6 is 0 Å². The Morgan fingerprint density at radius 1 is 0.692 bits per heavy atom. The fourth-order valence-corrected chi connectivity index (χ4v) is 2.99. The number of methoxy groups -OCH3 is 1. The molecule has 0 atom stereocenters. The lowest BCUT2D eigenvalue weighted by Crippen LogP contribution is -2.10. The van der Waals surface area contributed by atoms with E-state index in [9.17, 15) is 5.11 Å². The van der Waals surface area contributed by atoms with E-state index in [-0.39, 0.29) is 6.61 Å². The third-order valence-corrected chi connectivity index (χ3v) is 4.49. The monoisotopic (exact) mass is 347 g/mol. The van der Waals surface area contributed by atoms with E-state index in [4.69, 9.17) is 4.74 Å². The van der Waals surface area contributed by atoms with Crippen molar-refractivity contribution in [2.75, 3.05) is 12.0 Å². The van der Waals surface area contributed by atoms with Gasteiger partial charge in [-0.15, -0.1) is 0 Å². The van der Waals surface area contributed by atoms with Crippen LogP contribution in [0.25, 0.3) is 0 Å². The molecule has 0 spiro atoms. The Bertz CT molecular complexity index is 761. The quantitative estimate of drug-likeness (QED) is 0.625. The van der Waals surface area contributed by atoms with Gasteiger partial charge >= 0.3 is 0 Å². The van der Waals surface area contributed by atoms with Crippen LogP contribution in [0.1, 0.15) is 23.6 Å². The SMILES string of the molecule is CCc1ccc(N(c2ccc(CO)cc2)c2ccc(COC)cc2)cc1. The van der Waals surface area contributed by atoms with Gasteiger partial charge in [0.1, 0.15) is 0 Å². The maximum Gasteiger partial charge on any atom is 0.0713 e. The molecule has 3 heteroatoms. The average Bonchev–Trinajstić information content (AvgIpc) is 2.71. The Hall–Kier alpha value is -2.62. The number of aliphatic hydroxyl groups is 1. The van der Waals surface area contributed by atoms with Crippen molar-refractivity contribution in [2.24, 2.45) is 0 Å². The first-order valence-corrected chi connectivity index (χ1v) is 8.92. The second kappa shape index (κ2) is 8.65. The molecule has 0 amide bonds. The second-order valence-electron chi connectivity index (χ2n) is 6.28. The normalized spacial score (nSPS) is 10.7. The summed E-state index contributed by atoms with van der Waals surface area (Å²) in [6.07, 6.45) is 1.02. The number of hydrogen-bond acceptors (Lipinski definition) is 3. The summed E-state index contributed by atoms with van der Waals surface area (Å²) in [5, 5.41) is 9.31. The predicted molar refractivity (Wildman–Crippen MR) is 107 cm³/mol. The third-order valence-electron chi connectivity index (χ3n) is 4.49. The molecule has 0 fully saturated rings. The van der Waals surface area contributed by atoms with Crippen molar-refractivity contribution < 1.29 is 9.84 Å². The number of nitrogens with zero attached hydrogens (tertiary/aromatic N) is 1. The van der Waals surface area contributed by atoms with Crippen molar-refractivity contribution in [3.05, 3.63) is 89.5 Å². The van der Waals surface area contributed by atoms with Gasteiger partial charge in [0.2, 0.25) is 0 Å². The zero-order valence-corrected chi connectivity index (χ0v) is 15.4. The standard InChI is InChI=1S/C23H25NO2/c1-3-18-4-10-21(11-5-18)24(22-12-6-19(16-25)7-13-22)23-14-8-20(9-15-23)17-26-2/h4-15,25H,3,16-17H2,1-2H3. The molecular formula is C23H25NO2. The van der Waals surface area contributed by atoms with Gasteiger partial charge in [-0.3, -0.25) is 0 Å². The minimum atomic E-state index is 0.0528. The van der Waals surface area contributed by atoms with Gasteiger partial charge < -0.3 is 14.7 Å². The predicted octanol–water partition coefficient (Wildman–Crippen LogP) is 5.36. The van der Waals surface area contributed by atoms with Crippen LogP contribution in [0.3, 0.4) is 0 Å². The third kappa shape index (κ3) is 4.13. The van der Waals surface area contributed by atoms with Gasteiger partial charge in [-0.25, -0.2) is 0 Å². The molecule has 0 saturated carbocycles. The largest absolute Gasteiger partial charge is 0.392 e. The molecule has 0 saturated heterocycles. The maximum atomic E-state index is 9.31. The number of aliphatic hydroxyl groups excluding tert-OH is 1. The van der Waals surface area contributed by atoms with Crippen molar-refractivity contribution >= 4 is 17.1 Å². The van der Waals surface area contributed by atoms with Gasteiger partial charge in [-0.05, 0) is 59.5 Å². The highest BCUT2D eigenvalue weighted by Crippen LogP contribution is 2.34. The number of benzene rings is 3. The van der Waals surface area contributed by atoms with Crippen LogP contribution in [0, 0.1) is 0 Å². The van der Waals surface area contributed by atoms with Gasteiger partial charge in [0.15, 0.2) is 0 Å². The Labute approximate surface area is 155 Å². The number of anilines is 3. The van der Waals surface area contributed by atoms with E-state index < -0.39 is 0 Å². The molecule has 3 rings (SSSR count). The minimum Gasteiger partial charge on any atom is -0.392 e. The molecule has 0 aliphatic heterocycles. The Kier molecular flexibility index (Phi) is 6.05. The molecule has 0 bridgehead atoms. The molecule has 26 heavy (non-hydrogen) atoms. The maximum absolute atomic E-state index is 9.31. The number of rotatable bonds is 7. The van der Waals surface area contributed by atoms with Crippen molar-refractivity contribution in [1.29, 1.82) is 0 Å². The highest BCUT2D eigenvalue weighted by molar-refractivity contribution is 5.76. The molecule has 3 aromatic rings. The van der Waals surface area contributed by atoms with Crippen molar-refractivity contribution in [3.8, 4) is 0 Å². The summed E-state index contributed by atoms with van der Waals surface area (Å²) in [4.78, 5) is 2.22. The van der Waals surface area contributed by atoms with Crippen molar-refractivity contribution in [3.63, 3.8) is 0 Å². The van der Waals surface area contributed by atoms with Gasteiger partial charge in [0, 0.05) is 24.2 Å².